The van der Waals surface area contributed by atoms with Gasteiger partial charge >= 0.3 is 0 Å². The predicted molar refractivity (Wildman–Crippen MR) is 60.3 cm³/mol. The van der Waals surface area contributed by atoms with E-state index in [1.165, 1.54) is 0 Å². The van der Waals surface area contributed by atoms with Crippen molar-refractivity contribution in [2.24, 2.45) is 5.92 Å². The molecule has 0 fully saturated rings. The summed E-state index contributed by atoms with van der Waals surface area (Å²) in [7, 11) is 3.11. The van der Waals surface area contributed by atoms with Crippen LogP contribution in [-0.2, 0) is 6.42 Å². The summed E-state index contributed by atoms with van der Waals surface area (Å²) >= 11 is 0. The summed E-state index contributed by atoms with van der Waals surface area (Å²) in [5, 5.41) is 0. The van der Waals surface area contributed by atoms with E-state index in [1.807, 2.05) is 6.07 Å². The fourth-order valence-corrected chi connectivity index (χ4v) is 1.45. The van der Waals surface area contributed by atoms with E-state index in [9.17, 15) is 0 Å². The summed E-state index contributed by atoms with van der Waals surface area (Å²) in [4.78, 5) is 4.34. The number of anilines is 1. The van der Waals surface area contributed by atoms with Crippen LogP contribution in [0.3, 0.4) is 0 Å². The quantitative estimate of drug-likeness (QED) is 0.824. The Morgan fingerprint density at radius 3 is 2.47 bits per heavy atom. The molecule has 1 aromatic rings. The van der Waals surface area contributed by atoms with E-state index < -0.39 is 0 Å². The van der Waals surface area contributed by atoms with Crippen LogP contribution in [-0.4, -0.2) is 19.2 Å². The third-order valence-electron chi connectivity index (χ3n) is 2.04. The molecule has 0 unspecified atom stereocenters. The molecular weight excluding hydrogens is 192 g/mol. The lowest BCUT2D eigenvalue weighted by atomic mass is 10.1. The Kier molecular flexibility index (Phi) is 3.77. The van der Waals surface area contributed by atoms with Crippen molar-refractivity contribution in [3.05, 3.63) is 11.8 Å². The number of aromatic nitrogens is 1. The highest BCUT2D eigenvalue weighted by Crippen LogP contribution is 2.32. The molecule has 0 spiro atoms. The zero-order valence-corrected chi connectivity index (χ0v) is 9.70. The van der Waals surface area contributed by atoms with Crippen LogP contribution in [0.5, 0.6) is 11.6 Å². The fraction of sp³-hybridized carbons (Fsp3) is 0.545. The molecule has 1 aromatic heterocycles. The maximum absolute atomic E-state index is 5.84. The first-order chi connectivity index (χ1) is 7.08. The summed E-state index contributed by atoms with van der Waals surface area (Å²) in [6.07, 6.45) is 0.880. The Labute approximate surface area is 90.4 Å². The Balaban J connectivity index is 3.08. The molecule has 15 heavy (non-hydrogen) atoms. The molecule has 0 aromatic carbocycles. The van der Waals surface area contributed by atoms with Gasteiger partial charge in [0.15, 0.2) is 0 Å². The van der Waals surface area contributed by atoms with Crippen molar-refractivity contribution in [3.8, 4) is 11.6 Å². The second kappa shape index (κ2) is 4.87. The van der Waals surface area contributed by atoms with Gasteiger partial charge in [0.2, 0.25) is 5.75 Å². The highest BCUT2D eigenvalue weighted by Gasteiger charge is 2.12. The first kappa shape index (κ1) is 11.6. The third kappa shape index (κ3) is 2.75. The minimum Gasteiger partial charge on any atom is -0.490 e. The number of rotatable bonds is 4. The number of ether oxygens (including phenoxy) is 2. The smallest absolute Gasteiger partial charge is 0.259 e. The van der Waals surface area contributed by atoms with Crippen LogP contribution < -0.4 is 15.2 Å². The standard InChI is InChI=1S/C11H18N2O2/c1-7(2)5-8-6-9(12)10(14-3)11(13-8)15-4/h6-7H,5H2,1-4H3,(H2,12,13). The number of nitrogens with zero attached hydrogens (tertiary/aromatic N) is 1. The van der Waals surface area contributed by atoms with Crippen molar-refractivity contribution >= 4 is 5.69 Å². The molecule has 0 aliphatic rings. The zero-order valence-electron chi connectivity index (χ0n) is 9.70. The summed E-state index contributed by atoms with van der Waals surface area (Å²) in [5.74, 6) is 1.49. The van der Waals surface area contributed by atoms with Gasteiger partial charge in [-0.25, -0.2) is 4.98 Å². The Morgan fingerprint density at radius 1 is 1.33 bits per heavy atom. The zero-order chi connectivity index (χ0) is 11.4. The van der Waals surface area contributed by atoms with Gasteiger partial charge in [-0.2, -0.15) is 0 Å². The van der Waals surface area contributed by atoms with E-state index in [4.69, 9.17) is 15.2 Å². The SMILES string of the molecule is COc1nc(CC(C)C)cc(N)c1OC. The van der Waals surface area contributed by atoms with Crippen LogP contribution in [0, 0.1) is 5.92 Å². The maximum atomic E-state index is 5.84. The van der Waals surface area contributed by atoms with E-state index >= 15 is 0 Å². The number of methoxy groups -OCH3 is 2. The molecule has 0 saturated carbocycles. The third-order valence-corrected chi connectivity index (χ3v) is 2.04. The van der Waals surface area contributed by atoms with Crippen molar-refractivity contribution in [1.82, 2.24) is 4.98 Å². The molecule has 4 nitrogen and oxygen atoms in total. The molecule has 0 radical (unpaired) electrons. The van der Waals surface area contributed by atoms with Crippen LogP contribution in [0.4, 0.5) is 5.69 Å². The average molecular weight is 210 g/mol. The molecule has 0 aliphatic carbocycles. The van der Waals surface area contributed by atoms with E-state index in [0.717, 1.165) is 12.1 Å². The second-order valence-corrected chi connectivity index (χ2v) is 3.84. The molecule has 2 N–H and O–H groups in total. The summed E-state index contributed by atoms with van der Waals surface area (Å²) in [6.45, 7) is 4.27. The van der Waals surface area contributed by atoms with Crippen LogP contribution in [0.1, 0.15) is 19.5 Å². The first-order valence-electron chi connectivity index (χ1n) is 4.95. The lowest BCUT2D eigenvalue weighted by Crippen LogP contribution is -2.04. The Bertz CT molecular complexity index is 338. The molecule has 1 heterocycles. The highest BCUT2D eigenvalue weighted by atomic mass is 16.5. The van der Waals surface area contributed by atoms with Crippen molar-refractivity contribution < 1.29 is 9.47 Å². The Hall–Kier alpha value is -1.45. The number of pyridine rings is 1. The minimum absolute atomic E-state index is 0.452. The van der Waals surface area contributed by atoms with Gasteiger partial charge in [-0.3, -0.25) is 0 Å². The normalized spacial score (nSPS) is 10.5. The predicted octanol–water partition coefficient (Wildman–Crippen LogP) is 1.88. The maximum Gasteiger partial charge on any atom is 0.259 e. The second-order valence-electron chi connectivity index (χ2n) is 3.84. The van der Waals surface area contributed by atoms with Gasteiger partial charge < -0.3 is 15.2 Å². The van der Waals surface area contributed by atoms with Gasteiger partial charge in [0, 0.05) is 5.69 Å². The molecule has 0 bridgehead atoms. The monoisotopic (exact) mass is 210 g/mol. The number of nitrogen functional groups attached to an aromatic ring is 1. The largest absolute Gasteiger partial charge is 0.490 e. The van der Waals surface area contributed by atoms with E-state index in [-0.39, 0.29) is 0 Å². The fourth-order valence-electron chi connectivity index (χ4n) is 1.45. The molecule has 0 saturated heterocycles. The van der Waals surface area contributed by atoms with Crippen molar-refractivity contribution in [1.29, 1.82) is 0 Å². The van der Waals surface area contributed by atoms with Gasteiger partial charge in [-0.15, -0.1) is 0 Å². The molecule has 0 aliphatic heterocycles. The summed E-state index contributed by atoms with van der Waals surface area (Å²) < 4.78 is 10.2. The van der Waals surface area contributed by atoms with E-state index in [1.54, 1.807) is 14.2 Å². The molecule has 1 rings (SSSR count). The van der Waals surface area contributed by atoms with Gasteiger partial charge in [0.05, 0.1) is 19.9 Å². The molecule has 84 valence electrons. The van der Waals surface area contributed by atoms with Crippen LogP contribution in [0.15, 0.2) is 6.07 Å². The topological polar surface area (TPSA) is 57.4 Å². The number of hydrogen-bond donors (Lipinski definition) is 1. The lowest BCUT2D eigenvalue weighted by molar-refractivity contribution is 0.343. The molecular formula is C11H18N2O2. The van der Waals surface area contributed by atoms with Crippen molar-refractivity contribution in [2.45, 2.75) is 20.3 Å². The van der Waals surface area contributed by atoms with Crippen LogP contribution >= 0.6 is 0 Å². The first-order valence-corrected chi connectivity index (χ1v) is 4.95. The number of hydrogen-bond acceptors (Lipinski definition) is 4. The molecule has 0 atom stereocenters. The average Bonchev–Trinajstić information content (AvgIpc) is 2.15. The lowest BCUT2D eigenvalue weighted by Gasteiger charge is -2.12. The van der Waals surface area contributed by atoms with E-state index in [2.05, 4.69) is 18.8 Å². The minimum atomic E-state index is 0.452. The van der Waals surface area contributed by atoms with Crippen LogP contribution in [0.2, 0.25) is 0 Å². The van der Waals surface area contributed by atoms with E-state index in [0.29, 0.717) is 23.2 Å². The van der Waals surface area contributed by atoms with Gasteiger partial charge in [0.1, 0.15) is 0 Å². The van der Waals surface area contributed by atoms with Gasteiger partial charge in [-0.05, 0) is 18.4 Å². The molecule has 0 amide bonds. The van der Waals surface area contributed by atoms with Crippen LogP contribution in [0.25, 0.3) is 0 Å². The summed E-state index contributed by atoms with van der Waals surface area (Å²) in [6, 6.07) is 1.83. The van der Waals surface area contributed by atoms with Crippen molar-refractivity contribution in [3.63, 3.8) is 0 Å². The molecule has 4 heteroatoms. The number of nitrogens with two attached hydrogens (primary N) is 1. The summed E-state index contributed by atoms with van der Waals surface area (Å²) in [5.41, 5.74) is 7.34. The highest BCUT2D eigenvalue weighted by molar-refractivity contribution is 5.58. The van der Waals surface area contributed by atoms with Crippen molar-refractivity contribution in [2.75, 3.05) is 20.0 Å². The Morgan fingerprint density at radius 2 is 2.00 bits per heavy atom. The van der Waals surface area contributed by atoms with Gasteiger partial charge in [0.25, 0.3) is 5.88 Å². The van der Waals surface area contributed by atoms with Gasteiger partial charge in [-0.1, -0.05) is 13.8 Å².